The molecule has 2 heterocycles. The average Bonchev–Trinajstić information content (AvgIpc) is 2.75. The van der Waals surface area contributed by atoms with Gasteiger partial charge in [0.1, 0.15) is 17.3 Å². The van der Waals surface area contributed by atoms with Crippen molar-refractivity contribution in [1.29, 1.82) is 5.26 Å². The Kier molecular flexibility index (Phi) is 4.56. The number of pyridine rings is 1. The molecule has 0 bridgehead atoms. The second kappa shape index (κ2) is 7.33. The van der Waals surface area contributed by atoms with Gasteiger partial charge in [0.25, 0.3) is 0 Å². The molecule has 0 spiro atoms. The third-order valence-electron chi connectivity index (χ3n) is 4.28. The maximum Gasteiger partial charge on any atom is 0.149 e. The molecule has 6 heteroatoms. The summed E-state index contributed by atoms with van der Waals surface area (Å²) in [5.74, 6) is -1.15. The smallest absolute Gasteiger partial charge is 0.149 e. The molecule has 134 valence electrons. The minimum absolute atomic E-state index is 0.0452. The van der Waals surface area contributed by atoms with Crippen molar-refractivity contribution in [2.24, 2.45) is 0 Å². The van der Waals surface area contributed by atoms with Crippen molar-refractivity contribution in [2.75, 3.05) is 0 Å². The summed E-state index contributed by atoms with van der Waals surface area (Å²) < 4.78 is 28.4. The highest BCUT2D eigenvalue weighted by atomic mass is 19.1. The molecule has 2 aromatic heterocycles. The van der Waals surface area contributed by atoms with Crippen LogP contribution in [-0.2, 0) is 0 Å². The highest BCUT2D eigenvalue weighted by molar-refractivity contribution is 5.74. The molecule has 0 saturated carbocycles. The predicted molar refractivity (Wildman–Crippen MR) is 101 cm³/mol. The molecule has 0 aliphatic carbocycles. The van der Waals surface area contributed by atoms with E-state index in [1.807, 2.05) is 0 Å². The first kappa shape index (κ1) is 17.4. The van der Waals surface area contributed by atoms with E-state index in [1.165, 1.54) is 24.4 Å². The maximum atomic E-state index is 14.3. The van der Waals surface area contributed by atoms with Crippen LogP contribution < -0.4 is 0 Å². The van der Waals surface area contributed by atoms with E-state index in [0.29, 0.717) is 22.4 Å². The summed E-state index contributed by atoms with van der Waals surface area (Å²) in [6, 6.07) is 17.9. The van der Waals surface area contributed by atoms with Crippen LogP contribution in [0.15, 0.2) is 73.1 Å². The first-order valence-electron chi connectivity index (χ1n) is 8.40. The molecule has 0 aliphatic heterocycles. The zero-order valence-electron chi connectivity index (χ0n) is 14.5. The minimum Gasteiger partial charge on any atom is -0.253 e. The fourth-order valence-electron chi connectivity index (χ4n) is 2.85. The number of benzene rings is 2. The van der Waals surface area contributed by atoms with Crippen LogP contribution in [0.25, 0.3) is 33.6 Å². The number of hydrogen-bond acceptors (Lipinski definition) is 4. The Labute approximate surface area is 159 Å². The van der Waals surface area contributed by atoms with E-state index in [0.717, 1.165) is 5.56 Å². The monoisotopic (exact) mass is 370 g/mol. The third kappa shape index (κ3) is 3.33. The fourth-order valence-corrected chi connectivity index (χ4v) is 2.85. The Balaban J connectivity index is 1.77. The van der Waals surface area contributed by atoms with Gasteiger partial charge in [0.05, 0.1) is 23.5 Å². The van der Waals surface area contributed by atoms with E-state index < -0.39 is 11.6 Å². The number of nitriles is 1. The molecule has 0 N–H and O–H groups in total. The molecule has 0 saturated heterocycles. The van der Waals surface area contributed by atoms with Gasteiger partial charge in [-0.3, -0.25) is 4.98 Å². The lowest BCUT2D eigenvalue weighted by atomic mass is 10.0. The number of hydrogen-bond donors (Lipinski definition) is 0. The van der Waals surface area contributed by atoms with Gasteiger partial charge in [-0.05, 0) is 48.0 Å². The van der Waals surface area contributed by atoms with Crippen LogP contribution in [-0.4, -0.2) is 15.2 Å². The highest BCUT2D eigenvalue weighted by Crippen LogP contribution is 2.30. The second-order valence-corrected chi connectivity index (χ2v) is 6.05. The Morgan fingerprint density at radius 3 is 2.36 bits per heavy atom. The van der Waals surface area contributed by atoms with Crippen molar-refractivity contribution in [3.8, 4) is 39.7 Å². The lowest BCUT2D eigenvalue weighted by Gasteiger charge is -2.08. The molecular formula is C22H12F2N4. The zero-order chi connectivity index (χ0) is 19.5. The minimum atomic E-state index is -0.593. The molecule has 4 nitrogen and oxygen atoms in total. The second-order valence-electron chi connectivity index (χ2n) is 6.05. The van der Waals surface area contributed by atoms with Crippen LogP contribution in [0.3, 0.4) is 0 Å². The SMILES string of the molecule is N#Cc1ccc(-c2cc(-c3ccc(F)c(-c4ncccc4F)c3)cnn2)cc1. The predicted octanol–water partition coefficient (Wildman–Crippen LogP) is 5.02. The Hall–Kier alpha value is -3.98. The third-order valence-corrected chi connectivity index (χ3v) is 4.28. The van der Waals surface area contributed by atoms with Gasteiger partial charge in [0.2, 0.25) is 0 Å². The van der Waals surface area contributed by atoms with Gasteiger partial charge in [-0.2, -0.15) is 15.5 Å². The highest BCUT2D eigenvalue weighted by Gasteiger charge is 2.13. The quantitative estimate of drug-likeness (QED) is 0.508. The van der Waals surface area contributed by atoms with E-state index in [9.17, 15) is 8.78 Å². The molecule has 0 aliphatic rings. The molecule has 0 amide bonds. The molecule has 28 heavy (non-hydrogen) atoms. The standard InChI is InChI=1S/C22H12F2N4/c23-19-8-7-16(10-18(19)22-20(24)2-1-9-26-22)17-11-21(28-27-13-17)15-5-3-14(12-25)4-6-15/h1-11,13H. The van der Waals surface area contributed by atoms with Crippen LogP contribution in [0, 0.1) is 23.0 Å². The van der Waals surface area contributed by atoms with E-state index in [2.05, 4.69) is 21.3 Å². The zero-order valence-corrected chi connectivity index (χ0v) is 14.5. The van der Waals surface area contributed by atoms with Gasteiger partial charge >= 0.3 is 0 Å². The molecule has 0 unspecified atom stereocenters. The van der Waals surface area contributed by atoms with Crippen molar-refractivity contribution in [3.05, 3.63) is 90.3 Å². The van der Waals surface area contributed by atoms with Gasteiger partial charge in [0.15, 0.2) is 0 Å². The number of nitrogens with zero attached hydrogens (tertiary/aromatic N) is 4. The van der Waals surface area contributed by atoms with Crippen LogP contribution >= 0.6 is 0 Å². The molecule has 4 rings (SSSR count). The van der Waals surface area contributed by atoms with Gasteiger partial charge < -0.3 is 0 Å². The summed E-state index contributed by atoms with van der Waals surface area (Å²) >= 11 is 0. The van der Waals surface area contributed by atoms with Crippen LogP contribution in [0.5, 0.6) is 0 Å². The summed E-state index contributed by atoms with van der Waals surface area (Å²) in [6.07, 6.45) is 2.97. The van der Waals surface area contributed by atoms with Gasteiger partial charge in [-0.25, -0.2) is 8.78 Å². The van der Waals surface area contributed by atoms with E-state index >= 15 is 0 Å². The topological polar surface area (TPSA) is 62.5 Å². The van der Waals surface area contributed by atoms with Crippen molar-refractivity contribution >= 4 is 0 Å². The van der Waals surface area contributed by atoms with Crippen LogP contribution in [0.2, 0.25) is 0 Å². The molecule has 0 atom stereocenters. The lowest BCUT2D eigenvalue weighted by molar-refractivity contribution is 0.611. The summed E-state index contributed by atoms with van der Waals surface area (Å²) in [4.78, 5) is 3.96. The fraction of sp³-hybridized carbons (Fsp3) is 0. The van der Waals surface area contributed by atoms with Crippen molar-refractivity contribution in [3.63, 3.8) is 0 Å². The number of aromatic nitrogens is 3. The first-order valence-corrected chi connectivity index (χ1v) is 8.40. The molecule has 2 aromatic carbocycles. The van der Waals surface area contributed by atoms with Gasteiger partial charge in [0, 0.05) is 22.9 Å². The van der Waals surface area contributed by atoms with E-state index in [-0.39, 0.29) is 11.3 Å². The number of halogens is 2. The van der Waals surface area contributed by atoms with Crippen LogP contribution in [0.1, 0.15) is 5.56 Å². The number of rotatable bonds is 3. The van der Waals surface area contributed by atoms with Gasteiger partial charge in [-0.15, -0.1) is 0 Å². The Morgan fingerprint density at radius 1 is 0.821 bits per heavy atom. The van der Waals surface area contributed by atoms with Crippen molar-refractivity contribution in [2.45, 2.75) is 0 Å². The van der Waals surface area contributed by atoms with Crippen LogP contribution in [0.4, 0.5) is 8.78 Å². The molecule has 0 fully saturated rings. The normalized spacial score (nSPS) is 10.5. The Bertz CT molecular complexity index is 1200. The molecular weight excluding hydrogens is 358 g/mol. The van der Waals surface area contributed by atoms with Crippen molar-refractivity contribution in [1.82, 2.24) is 15.2 Å². The van der Waals surface area contributed by atoms with Crippen molar-refractivity contribution < 1.29 is 8.78 Å². The average molecular weight is 370 g/mol. The van der Waals surface area contributed by atoms with Gasteiger partial charge in [-0.1, -0.05) is 18.2 Å². The maximum absolute atomic E-state index is 14.3. The summed E-state index contributed by atoms with van der Waals surface area (Å²) in [5, 5.41) is 17.1. The molecule has 0 radical (unpaired) electrons. The Morgan fingerprint density at radius 2 is 1.61 bits per heavy atom. The largest absolute Gasteiger partial charge is 0.253 e. The lowest BCUT2D eigenvalue weighted by Crippen LogP contribution is -1.94. The summed E-state index contributed by atoms with van der Waals surface area (Å²) in [5.41, 5.74) is 3.35. The van der Waals surface area contributed by atoms with E-state index in [4.69, 9.17) is 5.26 Å². The first-order chi connectivity index (χ1) is 13.7. The summed E-state index contributed by atoms with van der Waals surface area (Å²) in [7, 11) is 0. The summed E-state index contributed by atoms with van der Waals surface area (Å²) in [6.45, 7) is 0. The van der Waals surface area contributed by atoms with E-state index in [1.54, 1.807) is 48.7 Å². The molecule has 4 aromatic rings.